The second kappa shape index (κ2) is 9.17. The zero-order chi connectivity index (χ0) is 21.1. The SMILES string of the molecule is C=CCCC(C(=C)NC)N1Cc2cc(CC3CCCC3N(C)C)c(F)cc2C1=C. The Morgan fingerprint density at radius 1 is 1.38 bits per heavy atom. The quantitative estimate of drug-likeness (QED) is 0.595. The maximum absolute atomic E-state index is 15.0. The molecule has 1 aromatic carbocycles. The van der Waals surface area contributed by atoms with Crippen molar-refractivity contribution in [1.82, 2.24) is 15.1 Å². The van der Waals surface area contributed by atoms with Crippen LogP contribution in [-0.2, 0) is 13.0 Å². The monoisotopic (exact) mass is 397 g/mol. The van der Waals surface area contributed by atoms with Gasteiger partial charge in [-0.2, -0.15) is 0 Å². The van der Waals surface area contributed by atoms with E-state index < -0.39 is 0 Å². The molecule has 158 valence electrons. The Morgan fingerprint density at radius 2 is 2.14 bits per heavy atom. The topological polar surface area (TPSA) is 18.5 Å². The minimum Gasteiger partial charge on any atom is -0.390 e. The average molecular weight is 398 g/mol. The summed E-state index contributed by atoms with van der Waals surface area (Å²) >= 11 is 0. The normalized spacial score (nSPS) is 22.1. The van der Waals surface area contributed by atoms with E-state index in [0.717, 1.165) is 48.3 Å². The molecule has 3 unspecified atom stereocenters. The maximum atomic E-state index is 15.0. The first-order chi connectivity index (χ1) is 13.9. The van der Waals surface area contributed by atoms with Crippen molar-refractivity contribution in [2.75, 3.05) is 21.1 Å². The van der Waals surface area contributed by atoms with Gasteiger partial charge in [0.05, 0.1) is 6.04 Å². The van der Waals surface area contributed by atoms with E-state index in [1.165, 1.54) is 24.8 Å². The van der Waals surface area contributed by atoms with Crippen molar-refractivity contribution in [2.45, 2.75) is 57.2 Å². The Balaban J connectivity index is 1.82. The van der Waals surface area contributed by atoms with Gasteiger partial charge < -0.3 is 15.1 Å². The van der Waals surface area contributed by atoms with Crippen LogP contribution in [0.25, 0.3) is 5.70 Å². The molecule has 1 saturated carbocycles. The van der Waals surface area contributed by atoms with E-state index in [4.69, 9.17) is 0 Å². The van der Waals surface area contributed by atoms with Gasteiger partial charge in [0.25, 0.3) is 0 Å². The summed E-state index contributed by atoms with van der Waals surface area (Å²) in [7, 11) is 6.18. The fraction of sp³-hybridized carbons (Fsp3) is 0.520. The van der Waals surface area contributed by atoms with Crippen LogP contribution in [0.5, 0.6) is 0 Å². The Morgan fingerprint density at radius 3 is 2.79 bits per heavy atom. The number of halogens is 1. The Labute approximate surface area is 176 Å². The lowest BCUT2D eigenvalue weighted by atomic mass is 9.92. The van der Waals surface area contributed by atoms with E-state index in [0.29, 0.717) is 12.0 Å². The van der Waals surface area contributed by atoms with Gasteiger partial charge in [0, 0.05) is 36.6 Å². The fourth-order valence-electron chi connectivity index (χ4n) is 5.14. The van der Waals surface area contributed by atoms with Crippen molar-refractivity contribution < 1.29 is 4.39 Å². The number of nitrogens with one attached hydrogen (secondary N) is 1. The van der Waals surface area contributed by atoms with E-state index in [9.17, 15) is 0 Å². The van der Waals surface area contributed by atoms with E-state index in [-0.39, 0.29) is 11.9 Å². The molecule has 0 bridgehead atoms. The second-order valence-electron chi connectivity index (χ2n) is 8.76. The molecule has 0 spiro atoms. The predicted molar refractivity (Wildman–Crippen MR) is 121 cm³/mol. The largest absolute Gasteiger partial charge is 0.390 e. The van der Waals surface area contributed by atoms with Gasteiger partial charge in [-0.1, -0.05) is 31.7 Å². The van der Waals surface area contributed by atoms with Gasteiger partial charge in [0.1, 0.15) is 5.82 Å². The summed E-state index contributed by atoms with van der Waals surface area (Å²) in [5.41, 5.74) is 4.82. The highest BCUT2D eigenvalue weighted by molar-refractivity contribution is 5.70. The summed E-state index contributed by atoms with van der Waals surface area (Å²) in [4.78, 5) is 4.56. The third kappa shape index (κ3) is 4.42. The molecular formula is C25H36FN3. The summed E-state index contributed by atoms with van der Waals surface area (Å²) in [6.07, 6.45) is 8.20. The number of nitrogens with zero attached hydrogens (tertiary/aromatic N) is 2. The van der Waals surface area contributed by atoms with Crippen molar-refractivity contribution in [3.63, 3.8) is 0 Å². The van der Waals surface area contributed by atoms with Crippen LogP contribution in [0.1, 0.15) is 48.8 Å². The van der Waals surface area contributed by atoms with E-state index >= 15 is 4.39 Å². The standard InChI is InChI=1S/C25H36FN3/c1-7-8-11-24(17(2)27-4)29-16-21-14-20(23(26)15-22(21)18(29)3)13-19-10-9-12-25(19)28(5)6/h7,14-15,19,24-25,27H,1-3,8-13,16H2,4-6H3. The number of hydrogen-bond donors (Lipinski definition) is 1. The summed E-state index contributed by atoms with van der Waals surface area (Å²) < 4.78 is 15.0. The molecule has 0 saturated heterocycles. The Kier molecular flexibility index (Phi) is 6.84. The van der Waals surface area contributed by atoms with Crippen LogP contribution < -0.4 is 5.32 Å². The third-order valence-corrected chi connectivity index (χ3v) is 6.78. The molecule has 1 aliphatic heterocycles. The molecule has 1 fully saturated rings. The van der Waals surface area contributed by atoms with Crippen LogP contribution in [0.3, 0.4) is 0 Å². The molecule has 0 radical (unpaired) electrons. The number of likely N-dealkylation sites (N-methyl/N-ethyl adjacent to an activating group) is 1. The Bertz CT molecular complexity index is 783. The zero-order valence-electron chi connectivity index (χ0n) is 18.3. The fourth-order valence-corrected chi connectivity index (χ4v) is 5.14. The Hall–Kier alpha value is -2.07. The van der Waals surface area contributed by atoms with Crippen molar-refractivity contribution >= 4 is 5.70 Å². The van der Waals surface area contributed by atoms with Gasteiger partial charge in [-0.15, -0.1) is 6.58 Å². The van der Waals surface area contributed by atoms with E-state index in [1.807, 2.05) is 13.1 Å². The van der Waals surface area contributed by atoms with E-state index in [2.05, 4.69) is 55.0 Å². The first kappa shape index (κ1) is 21.6. The predicted octanol–water partition coefficient (Wildman–Crippen LogP) is 4.95. The molecule has 2 aliphatic rings. The van der Waals surface area contributed by atoms with Crippen molar-refractivity contribution in [3.05, 3.63) is 66.2 Å². The molecule has 1 heterocycles. The lowest BCUT2D eigenvalue weighted by molar-refractivity contribution is 0.235. The first-order valence-electron chi connectivity index (χ1n) is 10.8. The molecule has 29 heavy (non-hydrogen) atoms. The average Bonchev–Trinajstić information content (AvgIpc) is 3.28. The lowest BCUT2D eigenvalue weighted by Crippen LogP contribution is -2.35. The minimum atomic E-state index is -0.0914. The highest BCUT2D eigenvalue weighted by Crippen LogP contribution is 2.38. The molecule has 4 heteroatoms. The third-order valence-electron chi connectivity index (χ3n) is 6.78. The van der Waals surface area contributed by atoms with Gasteiger partial charge in [-0.05, 0) is 69.3 Å². The van der Waals surface area contributed by atoms with Crippen LogP contribution in [0.2, 0.25) is 0 Å². The van der Waals surface area contributed by atoms with Crippen molar-refractivity contribution in [1.29, 1.82) is 0 Å². The summed E-state index contributed by atoms with van der Waals surface area (Å²) in [6, 6.07) is 4.47. The van der Waals surface area contributed by atoms with Gasteiger partial charge in [-0.3, -0.25) is 0 Å². The molecule has 0 amide bonds. The van der Waals surface area contributed by atoms with Gasteiger partial charge >= 0.3 is 0 Å². The molecular weight excluding hydrogens is 361 g/mol. The van der Waals surface area contributed by atoms with Gasteiger partial charge in [0.15, 0.2) is 0 Å². The number of benzene rings is 1. The molecule has 1 N–H and O–H groups in total. The highest BCUT2D eigenvalue weighted by atomic mass is 19.1. The maximum Gasteiger partial charge on any atom is 0.127 e. The summed E-state index contributed by atoms with van der Waals surface area (Å²) in [5, 5.41) is 3.19. The number of allylic oxidation sites excluding steroid dienone is 1. The van der Waals surface area contributed by atoms with Crippen molar-refractivity contribution in [2.24, 2.45) is 5.92 Å². The van der Waals surface area contributed by atoms with E-state index in [1.54, 1.807) is 6.07 Å². The van der Waals surface area contributed by atoms with Gasteiger partial charge in [0.2, 0.25) is 0 Å². The minimum absolute atomic E-state index is 0.0914. The molecule has 3 atom stereocenters. The van der Waals surface area contributed by atoms with Gasteiger partial charge in [-0.25, -0.2) is 4.39 Å². The number of rotatable bonds is 9. The second-order valence-corrected chi connectivity index (χ2v) is 8.76. The molecule has 0 aromatic heterocycles. The van der Waals surface area contributed by atoms with Crippen LogP contribution in [-0.4, -0.2) is 43.0 Å². The molecule has 3 rings (SSSR count). The zero-order valence-corrected chi connectivity index (χ0v) is 18.3. The smallest absolute Gasteiger partial charge is 0.127 e. The van der Waals surface area contributed by atoms with Crippen LogP contribution in [0.4, 0.5) is 4.39 Å². The lowest BCUT2D eigenvalue weighted by Gasteiger charge is -2.32. The number of fused-ring (bicyclic) bond motifs is 1. The first-order valence-corrected chi connectivity index (χ1v) is 10.8. The molecule has 1 aliphatic carbocycles. The summed E-state index contributed by atoms with van der Waals surface area (Å²) in [5.74, 6) is 0.439. The van der Waals surface area contributed by atoms with Crippen LogP contribution >= 0.6 is 0 Å². The summed E-state index contributed by atoms with van der Waals surface area (Å²) in [6.45, 7) is 13.1. The highest BCUT2D eigenvalue weighted by Gasteiger charge is 2.33. The number of hydrogen-bond acceptors (Lipinski definition) is 3. The molecule has 3 nitrogen and oxygen atoms in total. The van der Waals surface area contributed by atoms with Crippen LogP contribution in [0.15, 0.2) is 43.6 Å². The van der Waals surface area contributed by atoms with Crippen molar-refractivity contribution in [3.8, 4) is 0 Å². The van der Waals surface area contributed by atoms with Crippen LogP contribution in [0, 0.1) is 11.7 Å². The molecule has 1 aromatic rings.